The van der Waals surface area contributed by atoms with Crippen LogP contribution in [0.15, 0.2) is 24.3 Å². The van der Waals surface area contributed by atoms with Gasteiger partial charge >= 0.3 is 0 Å². The van der Waals surface area contributed by atoms with Crippen LogP contribution >= 0.6 is 12.4 Å². The predicted molar refractivity (Wildman–Crippen MR) is 94.7 cm³/mol. The van der Waals surface area contributed by atoms with E-state index in [0.29, 0.717) is 0 Å². The van der Waals surface area contributed by atoms with Crippen molar-refractivity contribution in [2.75, 3.05) is 19.6 Å². The Kier molecular flexibility index (Phi) is 7.37. The SMILES string of the molecule is CC(C)(C)c1ccc(CCNC(=O)C2CCNCC2)cc1.Cl. The molecule has 0 saturated carbocycles. The van der Waals surface area contributed by atoms with Gasteiger partial charge in [-0.05, 0) is 48.9 Å². The van der Waals surface area contributed by atoms with Gasteiger partial charge in [0.2, 0.25) is 5.91 Å². The highest BCUT2D eigenvalue weighted by Gasteiger charge is 2.20. The molecule has 0 radical (unpaired) electrons. The monoisotopic (exact) mass is 324 g/mol. The summed E-state index contributed by atoms with van der Waals surface area (Å²) < 4.78 is 0. The molecule has 2 rings (SSSR count). The fourth-order valence-electron chi connectivity index (χ4n) is 2.73. The quantitative estimate of drug-likeness (QED) is 0.893. The summed E-state index contributed by atoms with van der Waals surface area (Å²) in [5, 5.41) is 6.37. The summed E-state index contributed by atoms with van der Waals surface area (Å²) in [6.07, 6.45) is 2.83. The summed E-state index contributed by atoms with van der Waals surface area (Å²) in [6.45, 7) is 9.33. The van der Waals surface area contributed by atoms with Crippen LogP contribution in [0, 0.1) is 5.92 Å². The number of carbonyl (C=O) groups is 1. The Hall–Kier alpha value is -1.06. The van der Waals surface area contributed by atoms with E-state index in [4.69, 9.17) is 0 Å². The fourth-order valence-corrected chi connectivity index (χ4v) is 2.73. The first-order valence-corrected chi connectivity index (χ1v) is 8.04. The number of benzene rings is 1. The summed E-state index contributed by atoms with van der Waals surface area (Å²) in [5.41, 5.74) is 2.83. The van der Waals surface area contributed by atoms with Gasteiger partial charge in [0.15, 0.2) is 0 Å². The van der Waals surface area contributed by atoms with E-state index in [2.05, 4.69) is 55.7 Å². The number of hydrogen-bond acceptors (Lipinski definition) is 2. The summed E-state index contributed by atoms with van der Waals surface area (Å²) in [4.78, 5) is 12.0. The second-order valence-electron chi connectivity index (χ2n) is 7.01. The Morgan fingerprint density at radius 3 is 2.32 bits per heavy atom. The highest BCUT2D eigenvalue weighted by molar-refractivity contribution is 5.85. The number of nitrogens with one attached hydrogen (secondary N) is 2. The van der Waals surface area contributed by atoms with Gasteiger partial charge in [0.05, 0.1) is 0 Å². The highest BCUT2D eigenvalue weighted by atomic mass is 35.5. The largest absolute Gasteiger partial charge is 0.356 e. The molecule has 1 aliphatic rings. The van der Waals surface area contributed by atoms with Crippen molar-refractivity contribution in [2.24, 2.45) is 5.92 Å². The van der Waals surface area contributed by atoms with Crippen molar-refractivity contribution >= 4 is 18.3 Å². The Morgan fingerprint density at radius 1 is 1.18 bits per heavy atom. The number of carbonyl (C=O) groups excluding carboxylic acids is 1. The van der Waals surface area contributed by atoms with E-state index in [1.165, 1.54) is 11.1 Å². The van der Waals surface area contributed by atoms with E-state index in [1.54, 1.807) is 0 Å². The van der Waals surface area contributed by atoms with Crippen molar-refractivity contribution in [3.8, 4) is 0 Å². The lowest BCUT2D eigenvalue weighted by atomic mass is 9.86. The van der Waals surface area contributed by atoms with E-state index >= 15 is 0 Å². The molecule has 0 unspecified atom stereocenters. The second-order valence-corrected chi connectivity index (χ2v) is 7.01. The molecule has 1 fully saturated rings. The van der Waals surface area contributed by atoms with Crippen molar-refractivity contribution in [2.45, 2.75) is 45.4 Å². The normalized spacial score (nSPS) is 16.0. The third-order valence-corrected chi connectivity index (χ3v) is 4.24. The Morgan fingerprint density at radius 2 is 1.77 bits per heavy atom. The minimum absolute atomic E-state index is 0. The lowest BCUT2D eigenvalue weighted by Crippen LogP contribution is -2.38. The molecule has 0 aliphatic carbocycles. The van der Waals surface area contributed by atoms with Gasteiger partial charge in [-0.3, -0.25) is 4.79 Å². The van der Waals surface area contributed by atoms with Crippen molar-refractivity contribution in [1.82, 2.24) is 10.6 Å². The lowest BCUT2D eigenvalue weighted by Gasteiger charge is -2.22. The molecular formula is C18H29ClN2O. The minimum atomic E-state index is 0. The molecule has 22 heavy (non-hydrogen) atoms. The van der Waals surface area contributed by atoms with Crippen LogP contribution in [-0.4, -0.2) is 25.5 Å². The molecule has 1 saturated heterocycles. The molecular weight excluding hydrogens is 296 g/mol. The number of piperidine rings is 1. The van der Waals surface area contributed by atoms with Gasteiger partial charge in [-0.15, -0.1) is 12.4 Å². The van der Waals surface area contributed by atoms with Crippen LogP contribution < -0.4 is 10.6 Å². The topological polar surface area (TPSA) is 41.1 Å². The summed E-state index contributed by atoms with van der Waals surface area (Å²) in [7, 11) is 0. The van der Waals surface area contributed by atoms with Gasteiger partial charge < -0.3 is 10.6 Å². The van der Waals surface area contributed by atoms with Crippen molar-refractivity contribution in [1.29, 1.82) is 0 Å². The molecule has 0 bridgehead atoms. The van der Waals surface area contributed by atoms with Gasteiger partial charge in [0, 0.05) is 12.5 Å². The number of halogens is 1. The zero-order chi connectivity index (χ0) is 15.3. The van der Waals surface area contributed by atoms with Gasteiger partial charge in [0.25, 0.3) is 0 Å². The Bertz CT molecular complexity index is 459. The Balaban J connectivity index is 0.00000242. The predicted octanol–water partition coefficient (Wildman–Crippen LogP) is 3.06. The average molecular weight is 325 g/mol. The van der Waals surface area contributed by atoms with E-state index in [1.807, 2.05) is 0 Å². The van der Waals surface area contributed by atoms with Crippen molar-refractivity contribution in [3.63, 3.8) is 0 Å². The second kappa shape index (κ2) is 8.54. The van der Waals surface area contributed by atoms with Crippen LogP contribution in [0.25, 0.3) is 0 Å². The number of amides is 1. The van der Waals surface area contributed by atoms with Crippen molar-refractivity contribution < 1.29 is 4.79 Å². The first kappa shape index (κ1) is 19.0. The maximum Gasteiger partial charge on any atom is 0.223 e. The molecule has 1 aromatic rings. The molecule has 1 amide bonds. The van der Waals surface area contributed by atoms with Gasteiger partial charge in [0.1, 0.15) is 0 Å². The van der Waals surface area contributed by atoms with E-state index < -0.39 is 0 Å². The average Bonchev–Trinajstić information content (AvgIpc) is 2.47. The van der Waals surface area contributed by atoms with Crippen LogP contribution in [0.5, 0.6) is 0 Å². The van der Waals surface area contributed by atoms with Crippen LogP contribution in [0.4, 0.5) is 0 Å². The molecule has 1 heterocycles. The van der Waals surface area contributed by atoms with Crippen LogP contribution in [0.3, 0.4) is 0 Å². The van der Waals surface area contributed by atoms with E-state index in [9.17, 15) is 4.79 Å². The standard InChI is InChI=1S/C18H28N2O.ClH/c1-18(2,3)16-6-4-14(5-7-16)8-13-20-17(21)15-9-11-19-12-10-15;/h4-7,15,19H,8-13H2,1-3H3,(H,20,21);1H. The Labute approximate surface area is 140 Å². The molecule has 4 heteroatoms. The number of rotatable bonds is 4. The molecule has 124 valence electrons. The zero-order valence-corrected chi connectivity index (χ0v) is 14.8. The van der Waals surface area contributed by atoms with E-state index in [-0.39, 0.29) is 29.6 Å². The molecule has 0 spiro atoms. The number of hydrogen-bond donors (Lipinski definition) is 2. The first-order valence-electron chi connectivity index (χ1n) is 8.04. The maximum atomic E-state index is 12.0. The summed E-state index contributed by atoms with van der Waals surface area (Å²) >= 11 is 0. The third-order valence-electron chi connectivity index (χ3n) is 4.24. The molecule has 3 nitrogen and oxygen atoms in total. The lowest BCUT2D eigenvalue weighted by molar-refractivity contribution is -0.125. The molecule has 0 aromatic heterocycles. The summed E-state index contributed by atoms with van der Waals surface area (Å²) in [5.74, 6) is 0.428. The molecule has 0 atom stereocenters. The molecule has 1 aliphatic heterocycles. The van der Waals surface area contributed by atoms with Crippen LogP contribution in [0.1, 0.15) is 44.7 Å². The van der Waals surface area contributed by atoms with Crippen LogP contribution in [-0.2, 0) is 16.6 Å². The fraction of sp³-hybridized carbons (Fsp3) is 0.611. The zero-order valence-electron chi connectivity index (χ0n) is 13.9. The van der Waals surface area contributed by atoms with Gasteiger partial charge in [-0.2, -0.15) is 0 Å². The maximum absolute atomic E-state index is 12.0. The van der Waals surface area contributed by atoms with Gasteiger partial charge in [-0.1, -0.05) is 45.0 Å². The van der Waals surface area contributed by atoms with Crippen molar-refractivity contribution in [3.05, 3.63) is 35.4 Å². The van der Waals surface area contributed by atoms with Gasteiger partial charge in [-0.25, -0.2) is 0 Å². The minimum Gasteiger partial charge on any atom is -0.356 e. The van der Waals surface area contributed by atoms with E-state index in [0.717, 1.165) is 38.9 Å². The molecule has 2 N–H and O–H groups in total. The summed E-state index contributed by atoms with van der Waals surface area (Å²) in [6, 6.07) is 8.75. The highest BCUT2D eigenvalue weighted by Crippen LogP contribution is 2.22. The third kappa shape index (κ3) is 5.62. The smallest absolute Gasteiger partial charge is 0.223 e. The van der Waals surface area contributed by atoms with Crippen LogP contribution in [0.2, 0.25) is 0 Å². The molecule has 1 aromatic carbocycles. The first-order chi connectivity index (χ1) is 9.97.